The normalized spacial score (nSPS) is 12.2. The minimum Gasteiger partial charge on any atom is -0.370 e. The number of nitrogens with one attached hydrogen (secondary N) is 2. The summed E-state index contributed by atoms with van der Waals surface area (Å²) in [6.45, 7) is 5.70. The second-order valence-electron chi connectivity index (χ2n) is 6.74. The quantitative estimate of drug-likeness (QED) is 0.561. The smallest absolute Gasteiger partial charge is 0.247 e. The van der Waals surface area contributed by atoms with E-state index in [2.05, 4.69) is 15.5 Å². The Morgan fingerprint density at radius 1 is 1.36 bits per heavy atom. The van der Waals surface area contributed by atoms with Gasteiger partial charge in [0.05, 0.1) is 10.6 Å². The lowest BCUT2D eigenvalue weighted by atomic mass is 10.2. The topological polar surface area (TPSA) is 66.0 Å². The summed E-state index contributed by atoms with van der Waals surface area (Å²) >= 11 is 6.81. The number of aromatic nitrogens is 3. The van der Waals surface area contributed by atoms with Crippen molar-refractivity contribution < 1.29 is 9.18 Å². The van der Waals surface area contributed by atoms with E-state index >= 15 is 0 Å². The maximum absolute atomic E-state index is 14.5. The standard InChI is InChI=1S/C19H22FN5OS2/c1-11(2)24(4)15-8-7-13(10-14(15)20)21-18(26)12(3)25-17(22-23-19(25)27)16-6-5-9-28-16/h5-12H,1-4H3,(H,21,26)(H,23,27). The molecule has 2 heterocycles. The minimum atomic E-state index is -0.621. The molecule has 0 saturated carbocycles. The van der Waals surface area contributed by atoms with E-state index in [1.807, 2.05) is 43.3 Å². The molecule has 1 unspecified atom stereocenters. The first-order valence-corrected chi connectivity index (χ1v) is 10.1. The number of thiophene rings is 1. The molecule has 9 heteroatoms. The number of carbonyl (C=O) groups is 1. The van der Waals surface area contributed by atoms with Crippen molar-refractivity contribution in [2.75, 3.05) is 17.3 Å². The van der Waals surface area contributed by atoms with Crippen LogP contribution >= 0.6 is 23.6 Å². The average Bonchev–Trinajstić information content (AvgIpc) is 3.30. The van der Waals surface area contributed by atoms with E-state index in [0.29, 0.717) is 22.0 Å². The predicted molar refractivity (Wildman–Crippen MR) is 114 cm³/mol. The molecule has 6 nitrogen and oxygen atoms in total. The Labute approximate surface area is 172 Å². The lowest BCUT2D eigenvalue weighted by Gasteiger charge is -2.24. The first kappa shape index (κ1) is 20.2. The highest BCUT2D eigenvalue weighted by Gasteiger charge is 2.22. The summed E-state index contributed by atoms with van der Waals surface area (Å²) in [5.74, 6) is -0.0942. The van der Waals surface area contributed by atoms with Crippen LogP contribution in [0.2, 0.25) is 0 Å². The summed E-state index contributed by atoms with van der Waals surface area (Å²) in [7, 11) is 1.83. The zero-order chi connectivity index (χ0) is 20.4. The highest BCUT2D eigenvalue weighted by atomic mass is 32.1. The molecule has 2 N–H and O–H groups in total. The van der Waals surface area contributed by atoms with Gasteiger partial charge < -0.3 is 10.2 Å². The van der Waals surface area contributed by atoms with E-state index in [1.165, 1.54) is 17.4 Å². The number of aromatic amines is 1. The van der Waals surface area contributed by atoms with Gasteiger partial charge in [-0.15, -0.1) is 11.3 Å². The van der Waals surface area contributed by atoms with Crippen molar-refractivity contribution >= 4 is 40.8 Å². The predicted octanol–water partition coefficient (Wildman–Crippen LogP) is 4.85. The van der Waals surface area contributed by atoms with Crippen LogP contribution in [0.4, 0.5) is 15.8 Å². The molecule has 0 aliphatic rings. The van der Waals surface area contributed by atoms with Crippen LogP contribution in [0.5, 0.6) is 0 Å². The summed E-state index contributed by atoms with van der Waals surface area (Å²) in [5.41, 5.74) is 0.876. The molecule has 1 atom stereocenters. The number of hydrogen-bond acceptors (Lipinski definition) is 5. The van der Waals surface area contributed by atoms with Crippen LogP contribution in [0.1, 0.15) is 26.8 Å². The summed E-state index contributed by atoms with van der Waals surface area (Å²) in [5, 5.41) is 11.7. The number of halogens is 1. The van der Waals surface area contributed by atoms with Gasteiger partial charge in [-0.3, -0.25) is 14.5 Å². The highest BCUT2D eigenvalue weighted by Crippen LogP contribution is 2.27. The summed E-state index contributed by atoms with van der Waals surface area (Å²) < 4.78 is 16.5. The van der Waals surface area contributed by atoms with Crippen LogP contribution in [-0.4, -0.2) is 33.8 Å². The third-order valence-electron chi connectivity index (χ3n) is 4.58. The Bertz CT molecular complexity index is 1030. The average molecular weight is 420 g/mol. The fourth-order valence-corrected chi connectivity index (χ4v) is 3.76. The molecular weight excluding hydrogens is 397 g/mol. The van der Waals surface area contributed by atoms with Crippen LogP contribution in [0.3, 0.4) is 0 Å². The number of H-pyrrole nitrogens is 1. The molecular formula is C19H22FN5OS2. The SMILES string of the molecule is CC(C)N(C)c1ccc(NC(=O)C(C)n2c(-c3cccs3)n[nH]c2=S)cc1F. The Morgan fingerprint density at radius 3 is 2.71 bits per heavy atom. The molecule has 3 rings (SSSR count). The van der Waals surface area contributed by atoms with Gasteiger partial charge in [0.25, 0.3) is 0 Å². The third-order valence-corrected chi connectivity index (χ3v) is 5.74. The number of carbonyl (C=O) groups excluding carboxylic acids is 1. The lowest BCUT2D eigenvalue weighted by molar-refractivity contribution is -0.118. The Hall–Kier alpha value is -2.52. The molecule has 0 spiro atoms. The molecule has 0 bridgehead atoms. The van der Waals surface area contributed by atoms with E-state index in [4.69, 9.17) is 12.2 Å². The highest BCUT2D eigenvalue weighted by molar-refractivity contribution is 7.71. The van der Waals surface area contributed by atoms with Crippen LogP contribution < -0.4 is 10.2 Å². The molecule has 0 aliphatic carbocycles. The van der Waals surface area contributed by atoms with E-state index < -0.39 is 6.04 Å². The van der Waals surface area contributed by atoms with Crippen molar-refractivity contribution in [1.29, 1.82) is 0 Å². The van der Waals surface area contributed by atoms with Crippen molar-refractivity contribution in [3.63, 3.8) is 0 Å². The van der Waals surface area contributed by atoms with Gasteiger partial charge in [0, 0.05) is 18.8 Å². The first-order valence-electron chi connectivity index (χ1n) is 8.83. The van der Waals surface area contributed by atoms with Gasteiger partial charge in [0.2, 0.25) is 5.91 Å². The lowest BCUT2D eigenvalue weighted by Crippen LogP contribution is -2.27. The maximum atomic E-state index is 14.5. The summed E-state index contributed by atoms with van der Waals surface area (Å²) in [6, 6.07) is 8.04. The number of hydrogen-bond donors (Lipinski definition) is 2. The minimum absolute atomic E-state index is 0.161. The van der Waals surface area contributed by atoms with Crippen molar-refractivity contribution in [3.8, 4) is 10.7 Å². The van der Waals surface area contributed by atoms with Crippen molar-refractivity contribution in [2.45, 2.75) is 32.9 Å². The van der Waals surface area contributed by atoms with Crippen molar-refractivity contribution in [3.05, 3.63) is 46.3 Å². The zero-order valence-corrected chi connectivity index (χ0v) is 17.7. The largest absolute Gasteiger partial charge is 0.370 e. The molecule has 3 aromatic rings. The van der Waals surface area contributed by atoms with Crippen LogP contribution in [0.15, 0.2) is 35.7 Å². The fourth-order valence-electron chi connectivity index (χ4n) is 2.76. The molecule has 0 fully saturated rings. The van der Waals surface area contributed by atoms with Crippen LogP contribution in [0.25, 0.3) is 10.7 Å². The van der Waals surface area contributed by atoms with Gasteiger partial charge in [-0.2, -0.15) is 5.10 Å². The van der Waals surface area contributed by atoms with Gasteiger partial charge >= 0.3 is 0 Å². The molecule has 28 heavy (non-hydrogen) atoms. The monoisotopic (exact) mass is 419 g/mol. The number of nitrogens with zero attached hydrogens (tertiary/aromatic N) is 3. The molecule has 0 saturated heterocycles. The molecule has 1 amide bonds. The Kier molecular flexibility index (Phi) is 5.95. The van der Waals surface area contributed by atoms with Gasteiger partial charge in [-0.25, -0.2) is 4.39 Å². The maximum Gasteiger partial charge on any atom is 0.247 e. The zero-order valence-electron chi connectivity index (χ0n) is 16.1. The van der Waals surface area contributed by atoms with E-state index in [9.17, 15) is 9.18 Å². The number of benzene rings is 1. The van der Waals surface area contributed by atoms with E-state index in [1.54, 1.807) is 23.6 Å². The fraction of sp³-hybridized carbons (Fsp3) is 0.316. The molecule has 0 radical (unpaired) electrons. The van der Waals surface area contributed by atoms with Gasteiger partial charge in [0.15, 0.2) is 10.6 Å². The van der Waals surface area contributed by atoms with Gasteiger partial charge in [-0.05, 0) is 62.6 Å². The van der Waals surface area contributed by atoms with Crippen LogP contribution in [-0.2, 0) is 4.79 Å². The van der Waals surface area contributed by atoms with E-state index in [0.717, 1.165) is 4.88 Å². The summed E-state index contributed by atoms with van der Waals surface area (Å²) in [4.78, 5) is 15.5. The van der Waals surface area contributed by atoms with Gasteiger partial charge in [0.1, 0.15) is 11.9 Å². The molecule has 0 aliphatic heterocycles. The Morgan fingerprint density at radius 2 is 2.11 bits per heavy atom. The number of anilines is 2. The molecule has 2 aromatic heterocycles. The van der Waals surface area contributed by atoms with Gasteiger partial charge in [-0.1, -0.05) is 6.07 Å². The summed E-state index contributed by atoms with van der Waals surface area (Å²) in [6.07, 6.45) is 0. The first-order chi connectivity index (χ1) is 13.3. The second-order valence-corrected chi connectivity index (χ2v) is 8.07. The third kappa shape index (κ3) is 4.00. The van der Waals surface area contributed by atoms with Crippen LogP contribution in [0, 0.1) is 10.6 Å². The van der Waals surface area contributed by atoms with Crippen molar-refractivity contribution in [2.24, 2.45) is 0 Å². The molecule has 148 valence electrons. The van der Waals surface area contributed by atoms with E-state index in [-0.39, 0.29) is 17.8 Å². The number of amides is 1. The Balaban J connectivity index is 1.82. The number of rotatable bonds is 6. The molecule has 1 aromatic carbocycles. The second kappa shape index (κ2) is 8.24. The van der Waals surface area contributed by atoms with Crippen molar-refractivity contribution in [1.82, 2.24) is 14.8 Å².